The molecule has 0 spiro atoms. The Bertz CT molecular complexity index is 586. The summed E-state index contributed by atoms with van der Waals surface area (Å²) in [6.07, 6.45) is 2.66. The van der Waals surface area contributed by atoms with Crippen molar-refractivity contribution in [3.05, 3.63) is 29.8 Å². The van der Waals surface area contributed by atoms with E-state index in [4.69, 9.17) is 5.73 Å². The molecule has 0 amide bonds. The van der Waals surface area contributed by atoms with Gasteiger partial charge in [0.15, 0.2) is 0 Å². The summed E-state index contributed by atoms with van der Waals surface area (Å²) >= 11 is 0. The van der Waals surface area contributed by atoms with E-state index in [2.05, 4.69) is 0 Å². The maximum atomic E-state index is 12.7. The van der Waals surface area contributed by atoms with E-state index in [-0.39, 0.29) is 17.0 Å². The zero-order valence-corrected chi connectivity index (χ0v) is 13.4. The summed E-state index contributed by atoms with van der Waals surface area (Å²) in [5, 5.41) is 10.1. The molecule has 0 radical (unpaired) electrons. The molecule has 5 nitrogen and oxygen atoms in total. The molecule has 0 aliphatic heterocycles. The summed E-state index contributed by atoms with van der Waals surface area (Å²) in [4.78, 5) is 0.234. The lowest BCUT2D eigenvalue weighted by Gasteiger charge is -2.34. The molecular weight excluding hydrogens is 288 g/mol. The predicted octanol–water partition coefficient (Wildman–Crippen LogP) is 1.63. The van der Waals surface area contributed by atoms with E-state index in [1.54, 1.807) is 25.2 Å². The normalized spacial score (nSPS) is 25.0. The van der Waals surface area contributed by atoms with Gasteiger partial charge in [0.1, 0.15) is 0 Å². The van der Waals surface area contributed by atoms with Crippen molar-refractivity contribution in [2.75, 3.05) is 7.05 Å². The standard InChI is InChI=1S/C15H24N2O3S/c1-11(16)12-6-5-7-13(10-12)21(19,20)17(2)14-8-3-4-9-15(14)18/h5-7,10-11,14-15,18H,3-4,8-9,16H2,1-2H3. The van der Waals surface area contributed by atoms with E-state index < -0.39 is 16.1 Å². The quantitative estimate of drug-likeness (QED) is 0.885. The highest BCUT2D eigenvalue weighted by atomic mass is 32.2. The van der Waals surface area contributed by atoms with Crippen molar-refractivity contribution in [2.24, 2.45) is 5.73 Å². The van der Waals surface area contributed by atoms with Crippen molar-refractivity contribution in [1.82, 2.24) is 4.31 Å². The first-order valence-electron chi connectivity index (χ1n) is 7.35. The van der Waals surface area contributed by atoms with Gasteiger partial charge >= 0.3 is 0 Å². The van der Waals surface area contributed by atoms with Gasteiger partial charge in [-0.3, -0.25) is 0 Å². The number of rotatable bonds is 4. The van der Waals surface area contributed by atoms with Crippen LogP contribution in [0.1, 0.15) is 44.2 Å². The number of nitrogens with two attached hydrogens (primary N) is 1. The second-order valence-electron chi connectivity index (χ2n) is 5.80. The lowest BCUT2D eigenvalue weighted by atomic mass is 9.93. The van der Waals surface area contributed by atoms with Gasteiger partial charge in [0.2, 0.25) is 10.0 Å². The van der Waals surface area contributed by atoms with E-state index in [1.807, 2.05) is 13.0 Å². The Morgan fingerprint density at radius 1 is 1.33 bits per heavy atom. The van der Waals surface area contributed by atoms with Crippen LogP contribution in [0, 0.1) is 0 Å². The third-order valence-corrected chi connectivity index (χ3v) is 6.10. The van der Waals surface area contributed by atoms with Crippen LogP contribution in [-0.4, -0.2) is 37.0 Å². The van der Waals surface area contributed by atoms with Crippen molar-refractivity contribution in [3.8, 4) is 0 Å². The van der Waals surface area contributed by atoms with Crippen LogP contribution in [0.4, 0.5) is 0 Å². The minimum atomic E-state index is -3.61. The molecule has 21 heavy (non-hydrogen) atoms. The van der Waals surface area contributed by atoms with Gasteiger partial charge in [-0.05, 0) is 37.5 Å². The number of benzene rings is 1. The Kier molecular flexibility index (Phi) is 5.03. The van der Waals surface area contributed by atoms with Crippen LogP contribution >= 0.6 is 0 Å². The summed E-state index contributed by atoms with van der Waals surface area (Å²) in [7, 11) is -2.06. The molecule has 1 aliphatic carbocycles. The fourth-order valence-corrected chi connectivity index (χ4v) is 4.29. The zero-order valence-electron chi connectivity index (χ0n) is 12.6. The van der Waals surface area contributed by atoms with E-state index in [9.17, 15) is 13.5 Å². The highest BCUT2D eigenvalue weighted by Gasteiger charge is 2.34. The summed E-state index contributed by atoms with van der Waals surface area (Å²) in [6, 6.07) is 6.16. The molecule has 1 aromatic rings. The second kappa shape index (κ2) is 6.44. The minimum Gasteiger partial charge on any atom is -0.391 e. The highest BCUT2D eigenvalue weighted by molar-refractivity contribution is 7.89. The Morgan fingerprint density at radius 2 is 2.00 bits per heavy atom. The molecule has 0 aromatic heterocycles. The van der Waals surface area contributed by atoms with Crippen molar-refractivity contribution < 1.29 is 13.5 Å². The van der Waals surface area contributed by atoms with E-state index >= 15 is 0 Å². The SMILES string of the molecule is CC(N)c1cccc(S(=O)(=O)N(C)C2CCCCC2O)c1. The van der Waals surface area contributed by atoms with Crippen LogP contribution in [0.3, 0.4) is 0 Å². The van der Waals surface area contributed by atoms with Gasteiger partial charge in [0, 0.05) is 13.1 Å². The Labute approximate surface area is 126 Å². The van der Waals surface area contributed by atoms with Crippen LogP contribution in [-0.2, 0) is 10.0 Å². The molecule has 118 valence electrons. The number of sulfonamides is 1. The monoisotopic (exact) mass is 312 g/mol. The third kappa shape index (κ3) is 3.45. The summed E-state index contributed by atoms with van der Waals surface area (Å²) in [5.74, 6) is 0. The minimum absolute atomic E-state index is 0.217. The van der Waals surface area contributed by atoms with Crippen LogP contribution in [0.5, 0.6) is 0 Å². The van der Waals surface area contributed by atoms with E-state index in [0.29, 0.717) is 12.8 Å². The van der Waals surface area contributed by atoms with Crippen LogP contribution in [0.25, 0.3) is 0 Å². The lowest BCUT2D eigenvalue weighted by Crippen LogP contribution is -2.46. The molecule has 1 aromatic carbocycles. The summed E-state index contributed by atoms with van der Waals surface area (Å²) in [5.41, 5.74) is 6.60. The average molecular weight is 312 g/mol. The van der Waals surface area contributed by atoms with Gasteiger partial charge in [0.25, 0.3) is 0 Å². The molecule has 3 atom stereocenters. The van der Waals surface area contributed by atoms with Gasteiger partial charge in [-0.2, -0.15) is 4.31 Å². The molecule has 1 saturated carbocycles. The number of aliphatic hydroxyl groups is 1. The van der Waals surface area contributed by atoms with Crippen LogP contribution in [0.15, 0.2) is 29.2 Å². The van der Waals surface area contributed by atoms with E-state index in [1.165, 1.54) is 4.31 Å². The smallest absolute Gasteiger partial charge is 0.243 e. The first-order valence-corrected chi connectivity index (χ1v) is 8.79. The molecule has 1 aliphatic rings. The number of likely N-dealkylation sites (N-methyl/N-ethyl adjacent to an activating group) is 1. The second-order valence-corrected chi connectivity index (χ2v) is 7.80. The van der Waals surface area contributed by atoms with Crippen LogP contribution in [0.2, 0.25) is 0 Å². The molecule has 0 heterocycles. The van der Waals surface area contributed by atoms with Crippen molar-refractivity contribution in [1.29, 1.82) is 0 Å². The van der Waals surface area contributed by atoms with Crippen molar-refractivity contribution in [2.45, 2.75) is 55.7 Å². The van der Waals surface area contributed by atoms with Crippen molar-refractivity contribution in [3.63, 3.8) is 0 Å². The van der Waals surface area contributed by atoms with Gasteiger partial charge in [0.05, 0.1) is 17.0 Å². The third-order valence-electron chi connectivity index (χ3n) is 4.22. The Morgan fingerprint density at radius 3 is 2.62 bits per heavy atom. The molecule has 0 bridgehead atoms. The van der Waals surface area contributed by atoms with Gasteiger partial charge in [-0.1, -0.05) is 25.0 Å². The summed E-state index contributed by atoms with van der Waals surface area (Å²) < 4.78 is 26.8. The Hall–Kier alpha value is -0.950. The topological polar surface area (TPSA) is 83.6 Å². The fourth-order valence-electron chi connectivity index (χ4n) is 2.82. The average Bonchev–Trinajstić information content (AvgIpc) is 2.47. The Balaban J connectivity index is 2.30. The number of hydrogen-bond donors (Lipinski definition) is 2. The first kappa shape index (κ1) is 16.4. The van der Waals surface area contributed by atoms with Crippen LogP contribution < -0.4 is 5.73 Å². The molecule has 1 fully saturated rings. The molecule has 3 N–H and O–H groups in total. The molecule has 2 rings (SSSR count). The first-order chi connectivity index (χ1) is 9.84. The fraction of sp³-hybridized carbons (Fsp3) is 0.600. The number of hydrogen-bond acceptors (Lipinski definition) is 4. The van der Waals surface area contributed by atoms with Gasteiger partial charge in [-0.25, -0.2) is 8.42 Å². The number of aliphatic hydroxyl groups excluding tert-OH is 1. The predicted molar refractivity (Wildman–Crippen MR) is 82.3 cm³/mol. The molecule has 0 saturated heterocycles. The van der Waals surface area contributed by atoms with Gasteiger partial charge in [-0.15, -0.1) is 0 Å². The zero-order chi connectivity index (χ0) is 15.6. The maximum absolute atomic E-state index is 12.7. The largest absolute Gasteiger partial charge is 0.391 e. The lowest BCUT2D eigenvalue weighted by molar-refractivity contribution is 0.0638. The molecular formula is C15H24N2O3S. The molecule has 6 heteroatoms. The molecule has 3 unspecified atom stereocenters. The number of nitrogens with zero attached hydrogens (tertiary/aromatic N) is 1. The highest BCUT2D eigenvalue weighted by Crippen LogP contribution is 2.27. The van der Waals surface area contributed by atoms with E-state index in [0.717, 1.165) is 18.4 Å². The van der Waals surface area contributed by atoms with Crippen molar-refractivity contribution >= 4 is 10.0 Å². The maximum Gasteiger partial charge on any atom is 0.243 e. The summed E-state index contributed by atoms with van der Waals surface area (Å²) in [6.45, 7) is 1.82. The van der Waals surface area contributed by atoms with Gasteiger partial charge < -0.3 is 10.8 Å².